The number of fused-ring (bicyclic) bond motifs is 1. The summed E-state index contributed by atoms with van der Waals surface area (Å²) >= 11 is 0. The zero-order chi connectivity index (χ0) is 13.1. The number of hydrogen-bond donors (Lipinski definition) is 0. The van der Waals surface area contributed by atoms with Crippen LogP contribution in [0.1, 0.15) is 19.8 Å². The second-order valence-corrected chi connectivity index (χ2v) is 3.96. The Hall–Kier alpha value is -2.12. The van der Waals surface area contributed by atoms with Crippen LogP contribution in [0.15, 0.2) is 6.20 Å². The summed E-state index contributed by atoms with van der Waals surface area (Å²) in [4.78, 5) is 25.0. The number of ether oxygens (including phenoxy) is 2. The summed E-state index contributed by atoms with van der Waals surface area (Å²) in [6.07, 6.45) is 1.92. The minimum Gasteiger partial charge on any atom is -0.457 e. The molecule has 1 unspecified atom stereocenters. The van der Waals surface area contributed by atoms with Crippen molar-refractivity contribution in [1.29, 1.82) is 0 Å². The average molecular weight is 255 g/mol. The van der Waals surface area contributed by atoms with Gasteiger partial charge in [0.15, 0.2) is 6.10 Å². The topological polar surface area (TPSA) is 96.5 Å². The van der Waals surface area contributed by atoms with Crippen LogP contribution < -0.4 is 4.74 Å². The lowest BCUT2D eigenvalue weighted by Gasteiger charge is -2.21. The molecule has 1 aromatic heterocycles. The number of imidazole rings is 1. The van der Waals surface area contributed by atoms with Crippen LogP contribution in [-0.4, -0.2) is 33.2 Å². The first-order valence-corrected chi connectivity index (χ1v) is 5.64. The Balaban J connectivity index is 2.01. The largest absolute Gasteiger partial charge is 0.457 e. The first kappa shape index (κ1) is 12.3. The van der Waals surface area contributed by atoms with E-state index in [9.17, 15) is 14.9 Å². The van der Waals surface area contributed by atoms with E-state index in [0.717, 1.165) is 0 Å². The highest BCUT2D eigenvalue weighted by molar-refractivity contribution is 5.69. The molecule has 0 N–H and O–H groups in total. The fourth-order valence-corrected chi connectivity index (χ4v) is 1.68. The number of rotatable bonds is 4. The average Bonchev–Trinajstić information content (AvgIpc) is 2.72. The minimum absolute atomic E-state index is 0.170. The molecule has 1 aliphatic heterocycles. The summed E-state index contributed by atoms with van der Waals surface area (Å²) in [6.45, 7) is 2.38. The van der Waals surface area contributed by atoms with E-state index < -0.39 is 11.0 Å². The maximum atomic E-state index is 11.3. The molecule has 0 fully saturated rings. The maximum Gasteiger partial charge on any atom is 0.414 e. The molecule has 1 aromatic rings. The molecular formula is C10H13N3O5. The van der Waals surface area contributed by atoms with Crippen LogP contribution in [0.5, 0.6) is 6.01 Å². The molecular weight excluding hydrogens is 242 g/mol. The Morgan fingerprint density at radius 2 is 2.56 bits per heavy atom. The van der Waals surface area contributed by atoms with Gasteiger partial charge in [0.2, 0.25) is 0 Å². The highest BCUT2D eigenvalue weighted by atomic mass is 16.6. The zero-order valence-electron chi connectivity index (χ0n) is 9.87. The van der Waals surface area contributed by atoms with Crippen molar-refractivity contribution in [1.82, 2.24) is 9.55 Å². The second kappa shape index (κ2) is 5.03. The molecule has 0 bridgehead atoms. The van der Waals surface area contributed by atoms with Gasteiger partial charge in [-0.05, 0) is 11.3 Å². The molecule has 1 atom stereocenters. The van der Waals surface area contributed by atoms with Gasteiger partial charge in [-0.25, -0.2) is 0 Å². The van der Waals surface area contributed by atoms with Gasteiger partial charge in [-0.2, -0.15) is 0 Å². The first-order chi connectivity index (χ1) is 8.60. The molecule has 0 amide bonds. The molecule has 2 rings (SSSR count). The van der Waals surface area contributed by atoms with Crippen LogP contribution in [0.3, 0.4) is 0 Å². The molecule has 0 radical (unpaired) electrons. The lowest BCUT2D eigenvalue weighted by molar-refractivity contribution is -0.389. The van der Waals surface area contributed by atoms with Gasteiger partial charge in [-0.1, -0.05) is 6.92 Å². The summed E-state index contributed by atoms with van der Waals surface area (Å²) in [6, 6.07) is 0.185. The number of aromatic nitrogens is 2. The van der Waals surface area contributed by atoms with Crippen LogP contribution in [-0.2, 0) is 16.1 Å². The molecule has 18 heavy (non-hydrogen) atoms. The first-order valence-electron chi connectivity index (χ1n) is 5.64. The smallest absolute Gasteiger partial charge is 0.414 e. The van der Waals surface area contributed by atoms with Crippen molar-refractivity contribution in [3.05, 3.63) is 16.3 Å². The van der Waals surface area contributed by atoms with E-state index in [4.69, 9.17) is 9.47 Å². The maximum absolute atomic E-state index is 11.3. The Labute approximate surface area is 103 Å². The van der Waals surface area contributed by atoms with Gasteiger partial charge in [0, 0.05) is 11.4 Å². The van der Waals surface area contributed by atoms with E-state index >= 15 is 0 Å². The molecule has 8 nitrogen and oxygen atoms in total. The third-order valence-corrected chi connectivity index (χ3v) is 2.47. The normalized spacial score (nSPS) is 17.7. The lowest BCUT2D eigenvalue weighted by Crippen LogP contribution is -2.33. The van der Waals surface area contributed by atoms with Crippen LogP contribution in [0.2, 0.25) is 0 Å². The SMILES string of the molecule is CCCC(=O)OC1COc2nc([N+](=O)[O-])cn2C1. The van der Waals surface area contributed by atoms with E-state index in [0.29, 0.717) is 19.4 Å². The molecule has 0 spiro atoms. The van der Waals surface area contributed by atoms with Crippen molar-refractivity contribution < 1.29 is 19.2 Å². The fourth-order valence-electron chi connectivity index (χ4n) is 1.68. The number of hydrogen-bond acceptors (Lipinski definition) is 6. The van der Waals surface area contributed by atoms with Crippen molar-refractivity contribution in [3.63, 3.8) is 0 Å². The summed E-state index contributed by atoms with van der Waals surface area (Å²) in [7, 11) is 0. The van der Waals surface area contributed by atoms with Gasteiger partial charge in [0.1, 0.15) is 12.8 Å². The van der Waals surface area contributed by atoms with E-state index in [1.165, 1.54) is 10.8 Å². The van der Waals surface area contributed by atoms with E-state index in [1.54, 1.807) is 0 Å². The number of nitro groups is 1. The van der Waals surface area contributed by atoms with Crippen molar-refractivity contribution in [2.24, 2.45) is 0 Å². The van der Waals surface area contributed by atoms with Gasteiger partial charge < -0.3 is 19.6 Å². The number of esters is 1. The minimum atomic E-state index is -0.590. The van der Waals surface area contributed by atoms with E-state index in [-0.39, 0.29) is 24.4 Å². The Morgan fingerprint density at radius 1 is 1.78 bits per heavy atom. The van der Waals surface area contributed by atoms with Gasteiger partial charge in [-0.3, -0.25) is 9.36 Å². The van der Waals surface area contributed by atoms with E-state index in [2.05, 4.69) is 4.98 Å². The van der Waals surface area contributed by atoms with Crippen LogP contribution in [0, 0.1) is 10.1 Å². The van der Waals surface area contributed by atoms with Crippen molar-refractivity contribution in [3.8, 4) is 6.01 Å². The highest BCUT2D eigenvalue weighted by Gasteiger charge is 2.29. The second-order valence-electron chi connectivity index (χ2n) is 3.96. The molecule has 8 heteroatoms. The Bertz CT molecular complexity index is 470. The van der Waals surface area contributed by atoms with Crippen LogP contribution >= 0.6 is 0 Å². The molecule has 98 valence electrons. The van der Waals surface area contributed by atoms with Gasteiger partial charge in [0.05, 0.1) is 6.54 Å². The van der Waals surface area contributed by atoms with Gasteiger partial charge >= 0.3 is 17.8 Å². The molecule has 0 aromatic carbocycles. The van der Waals surface area contributed by atoms with Crippen LogP contribution in [0.4, 0.5) is 5.82 Å². The summed E-state index contributed by atoms with van der Waals surface area (Å²) in [5.41, 5.74) is 0. The quantitative estimate of drug-likeness (QED) is 0.450. The molecule has 0 saturated carbocycles. The number of carbonyl (C=O) groups is 1. The molecule has 0 saturated heterocycles. The van der Waals surface area contributed by atoms with Gasteiger partial charge in [0.25, 0.3) is 0 Å². The predicted molar refractivity (Wildman–Crippen MR) is 59.2 cm³/mol. The van der Waals surface area contributed by atoms with Crippen molar-refractivity contribution >= 4 is 11.8 Å². The predicted octanol–water partition coefficient (Wildman–Crippen LogP) is 0.896. The number of nitrogens with zero attached hydrogens (tertiary/aromatic N) is 3. The molecule has 0 aliphatic carbocycles. The van der Waals surface area contributed by atoms with Crippen LogP contribution in [0.25, 0.3) is 0 Å². The molecule has 2 heterocycles. The standard InChI is InChI=1S/C10H13N3O5/c1-2-3-9(14)18-7-4-12-5-8(13(15)16)11-10(12)17-6-7/h5,7H,2-4,6H2,1H3. The molecule has 1 aliphatic rings. The third kappa shape index (κ3) is 2.58. The summed E-state index contributed by atoms with van der Waals surface area (Å²) in [5, 5.41) is 10.6. The fraction of sp³-hybridized carbons (Fsp3) is 0.600. The Kier molecular flexibility index (Phi) is 3.45. The van der Waals surface area contributed by atoms with Crippen molar-refractivity contribution in [2.45, 2.75) is 32.4 Å². The summed E-state index contributed by atoms with van der Waals surface area (Å²) in [5.74, 6) is -0.560. The third-order valence-electron chi connectivity index (χ3n) is 2.47. The summed E-state index contributed by atoms with van der Waals surface area (Å²) < 4.78 is 11.9. The van der Waals surface area contributed by atoms with E-state index in [1.807, 2.05) is 6.92 Å². The zero-order valence-corrected chi connectivity index (χ0v) is 9.87. The van der Waals surface area contributed by atoms with Crippen molar-refractivity contribution in [2.75, 3.05) is 6.61 Å². The lowest BCUT2D eigenvalue weighted by atomic mass is 10.3. The van der Waals surface area contributed by atoms with Gasteiger partial charge in [-0.15, -0.1) is 0 Å². The Morgan fingerprint density at radius 3 is 3.22 bits per heavy atom. The monoisotopic (exact) mass is 255 g/mol. The highest BCUT2D eigenvalue weighted by Crippen LogP contribution is 2.22. The number of carbonyl (C=O) groups excluding carboxylic acids is 1.